The molecule has 0 bridgehead atoms. The van der Waals surface area contributed by atoms with Gasteiger partial charge in [0.25, 0.3) is 5.56 Å². The first-order valence-electron chi connectivity index (χ1n) is 6.38. The van der Waals surface area contributed by atoms with Crippen LogP contribution in [0.15, 0.2) is 16.9 Å². The van der Waals surface area contributed by atoms with Crippen LogP contribution in [0.2, 0.25) is 0 Å². The fourth-order valence-corrected chi connectivity index (χ4v) is 2.06. The smallest absolute Gasteiger partial charge is 0.277 e. The Morgan fingerprint density at radius 2 is 1.95 bits per heavy atom. The number of hydrogen-bond acceptors (Lipinski definition) is 5. The summed E-state index contributed by atoms with van der Waals surface area (Å²) >= 11 is 0. The molecule has 2 rings (SSSR count). The molecule has 0 saturated carbocycles. The van der Waals surface area contributed by atoms with Crippen molar-refractivity contribution in [3.63, 3.8) is 0 Å². The van der Waals surface area contributed by atoms with Crippen LogP contribution in [-0.4, -0.2) is 21.6 Å². The van der Waals surface area contributed by atoms with Gasteiger partial charge in [-0.05, 0) is 26.8 Å². The van der Waals surface area contributed by atoms with E-state index in [0.717, 1.165) is 11.3 Å². The monoisotopic (exact) mass is 274 g/mol. The van der Waals surface area contributed by atoms with Crippen LogP contribution in [0.3, 0.4) is 0 Å². The van der Waals surface area contributed by atoms with E-state index in [0.29, 0.717) is 23.9 Å². The zero-order valence-corrected chi connectivity index (χ0v) is 12.1. The Hall–Kier alpha value is -2.37. The zero-order chi connectivity index (χ0) is 14.9. The van der Waals surface area contributed by atoms with Gasteiger partial charge in [0, 0.05) is 18.2 Å². The molecule has 0 aliphatic heterocycles. The van der Waals surface area contributed by atoms with Crippen LogP contribution in [0.25, 0.3) is 11.4 Å². The predicted octanol–water partition coefficient (Wildman–Crippen LogP) is 1.53. The van der Waals surface area contributed by atoms with Crippen LogP contribution < -0.4 is 16.0 Å². The summed E-state index contributed by atoms with van der Waals surface area (Å²) in [5, 5.41) is 0. The van der Waals surface area contributed by atoms with E-state index in [1.54, 1.807) is 24.7 Å². The summed E-state index contributed by atoms with van der Waals surface area (Å²) in [7, 11) is 1.56. The lowest BCUT2D eigenvalue weighted by molar-refractivity contribution is 0.397. The molecule has 0 atom stereocenters. The lowest BCUT2D eigenvalue weighted by atomic mass is 10.1. The highest BCUT2D eigenvalue weighted by Gasteiger charge is 2.15. The molecule has 0 unspecified atom stereocenters. The van der Waals surface area contributed by atoms with Gasteiger partial charge < -0.3 is 10.5 Å². The van der Waals surface area contributed by atoms with Gasteiger partial charge >= 0.3 is 0 Å². The van der Waals surface area contributed by atoms with Crippen LogP contribution in [-0.2, 0) is 6.54 Å². The average Bonchev–Trinajstić information content (AvgIpc) is 2.44. The summed E-state index contributed by atoms with van der Waals surface area (Å²) < 4.78 is 6.64. The third-order valence-electron chi connectivity index (χ3n) is 3.22. The Balaban J connectivity index is 2.73. The number of hydrogen-bond donors (Lipinski definition) is 1. The third kappa shape index (κ3) is 2.24. The molecule has 0 fully saturated rings. The number of nitrogens with two attached hydrogens (primary N) is 1. The summed E-state index contributed by atoms with van der Waals surface area (Å²) in [6.07, 6.45) is 0. The van der Waals surface area contributed by atoms with Crippen molar-refractivity contribution in [3.05, 3.63) is 33.9 Å². The number of aromatic nitrogens is 3. The van der Waals surface area contributed by atoms with Crippen LogP contribution in [0, 0.1) is 13.8 Å². The van der Waals surface area contributed by atoms with Crippen molar-refractivity contribution in [3.8, 4) is 17.3 Å². The molecule has 0 amide bonds. The second kappa shape index (κ2) is 5.32. The van der Waals surface area contributed by atoms with Gasteiger partial charge in [-0.3, -0.25) is 9.36 Å². The molecule has 0 aromatic carbocycles. The van der Waals surface area contributed by atoms with Gasteiger partial charge in [-0.15, -0.1) is 0 Å². The Labute approximate surface area is 117 Å². The first-order valence-corrected chi connectivity index (χ1v) is 6.38. The number of nitrogen functional groups attached to an aromatic ring is 1. The van der Waals surface area contributed by atoms with E-state index < -0.39 is 0 Å². The van der Waals surface area contributed by atoms with E-state index in [2.05, 4.69) is 9.97 Å². The van der Waals surface area contributed by atoms with Gasteiger partial charge in [0.15, 0.2) is 0 Å². The largest absolute Gasteiger partial charge is 0.481 e. The Morgan fingerprint density at radius 3 is 2.50 bits per heavy atom. The highest BCUT2D eigenvalue weighted by Crippen LogP contribution is 2.23. The minimum absolute atomic E-state index is 0.190. The number of aryl methyl sites for hydroxylation is 2. The summed E-state index contributed by atoms with van der Waals surface area (Å²) in [4.78, 5) is 21.0. The summed E-state index contributed by atoms with van der Waals surface area (Å²) in [5.74, 6) is 1.11. The fourth-order valence-electron chi connectivity index (χ4n) is 2.06. The van der Waals surface area contributed by atoms with E-state index >= 15 is 0 Å². The van der Waals surface area contributed by atoms with E-state index in [-0.39, 0.29) is 11.2 Å². The summed E-state index contributed by atoms with van der Waals surface area (Å²) in [6, 6.07) is 3.60. The molecule has 0 radical (unpaired) electrons. The van der Waals surface area contributed by atoms with Crippen molar-refractivity contribution in [2.45, 2.75) is 27.3 Å². The predicted molar refractivity (Wildman–Crippen MR) is 77.8 cm³/mol. The number of nitrogens with zero attached hydrogens (tertiary/aromatic N) is 3. The molecule has 20 heavy (non-hydrogen) atoms. The van der Waals surface area contributed by atoms with Crippen LogP contribution in [0.5, 0.6) is 5.88 Å². The van der Waals surface area contributed by atoms with Crippen molar-refractivity contribution >= 4 is 5.69 Å². The van der Waals surface area contributed by atoms with Gasteiger partial charge in [0.1, 0.15) is 11.5 Å². The maximum absolute atomic E-state index is 12.2. The Bertz CT molecular complexity index is 707. The van der Waals surface area contributed by atoms with E-state index in [1.165, 1.54) is 0 Å². The summed E-state index contributed by atoms with van der Waals surface area (Å²) in [6.45, 7) is 5.97. The van der Waals surface area contributed by atoms with Gasteiger partial charge in [-0.25, -0.2) is 9.97 Å². The molecule has 0 aliphatic rings. The molecular weight excluding hydrogens is 256 g/mol. The molecule has 2 aromatic heterocycles. The molecule has 2 heterocycles. The lowest BCUT2D eigenvalue weighted by Gasteiger charge is -2.14. The average molecular weight is 274 g/mol. The Kier molecular flexibility index (Phi) is 3.74. The maximum atomic E-state index is 12.2. The minimum atomic E-state index is -0.217. The van der Waals surface area contributed by atoms with E-state index in [4.69, 9.17) is 10.5 Å². The first-order chi connectivity index (χ1) is 9.49. The fraction of sp³-hybridized carbons (Fsp3) is 0.357. The molecule has 6 nitrogen and oxygen atoms in total. The molecule has 2 aromatic rings. The molecule has 6 heteroatoms. The molecular formula is C14H18N4O2. The number of ether oxygens (including phenoxy) is 1. The van der Waals surface area contributed by atoms with Crippen molar-refractivity contribution < 1.29 is 4.74 Å². The third-order valence-corrected chi connectivity index (χ3v) is 3.22. The topological polar surface area (TPSA) is 83.0 Å². The van der Waals surface area contributed by atoms with Gasteiger partial charge in [-0.1, -0.05) is 0 Å². The zero-order valence-electron chi connectivity index (χ0n) is 12.1. The van der Waals surface area contributed by atoms with Gasteiger partial charge in [0.05, 0.1) is 18.5 Å². The highest BCUT2D eigenvalue weighted by atomic mass is 16.5. The first kappa shape index (κ1) is 14.0. The Morgan fingerprint density at radius 1 is 1.25 bits per heavy atom. The number of anilines is 1. The van der Waals surface area contributed by atoms with Crippen molar-refractivity contribution in [2.75, 3.05) is 12.8 Å². The van der Waals surface area contributed by atoms with Crippen LogP contribution in [0.4, 0.5) is 5.69 Å². The van der Waals surface area contributed by atoms with Crippen molar-refractivity contribution in [1.82, 2.24) is 14.5 Å². The molecule has 0 spiro atoms. The maximum Gasteiger partial charge on any atom is 0.277 e. The normalized spacial score (nSPS) is 10.6. The standard InChI is InChI=1S/C14H18N4O2/c1-5-18-13(17-9(3)12(15)14(18)19)10-6-7-11(20-4)16-8(10)2/h6-7H,5,15H2,1-4H3. The molecule has 2 N–H and O–H groups in total. The number of methoxy groups -OCH3 is 1. The van der Waals surface area contributed by atoms with E-state index in [1.807, 2.05) is 19.9 Å². The van der Waals surface area contributed by atoms with Crippen LogP contribution >= 0.6 is 0 Å². The quantitative estimate of drug-likeness (QED) is 0.917. The lowest BCUT2D eigenvalue weighted by Crippen LogP contribution is -2.26. The SMILES string of the molecule is CCn1c(-c2ccc(OC)nc2C)nc(C)c(N)c1=O. The summed E-state index contributed by atoms with van der Waals surface area (Å²) in [5.41, 5.74) is 7.81. The van der Waals surface area contributed by atoms with Gasteiger partial charge in [-0.2, -0.15) is 0 Å². The number of pyridine rings is 1. The number of rotatable bonds is 3. The van der Waals surface area contributed by atoms with Crippen molar-refractivity contribution in [1.29, 1.82) is 0 Å². The van der Waals surface area contributed by atoms with Crippen LogP contribution in [0.1, 0.15) is 18.3 Å². The minimum Gasteiger partial charge on any atom is -0.481 e. The highest BCUT2D eigenvalue weighted by molar-refractivity contribution is 5.61. The second-order valence-electron chi connectivity index (χ2n) is 4.47. The molecule has 0 saturated heterocycles. The van der Waals surface area contributed by atoms with E-state index in [9.17, 15) is 4.79 Å². The van der Waals surface area contributed by atoms with Crippen molar-refractivity contribution in [2.24, 2.45) is 0 Å². The molecule has 106 valence electrons. The van der Waals surface area contributed by atoms with Gasteiger partial charge in [0.2, 0.25) is 5.88 Å². The molecule has 0 aliphatic carbocycles. The second-order valence-corrected chi connectivity index (χ2v) is 4.47.